The molecule has 0 fully saturated rings. The third kappa shape index (κ3) is 4.87. The molecule has 1 atom stereocenters. The number of carbonyl (C=O) groups is 2. The van der Waals surface area contributed by atoms with Crippen LogP contribution >= 0.6 is 0 Å². The number of halogens is 1. The van der Waals surface area contributed by atoms with Crippen LogP contribution in [-0.2, 0) is 20.4 Å². The number of hydrogen-bond donors (Lipinski definition) is 1. The minimum Gasteiger partial charge on any atom is -0.458 e. The highest BCUT2D eigenvalue weighted by Crippen LogP contribution is 2.46. The molecule has 1 unspecified atom stereocenters. The molecule has 2 aromatic carbocycles. The second-order valence-corrected chi connectivity index (χ2v) is 9.39. The lowest BCUT2D eigenvalue weighted by Gasteiger charge is -2.42. The van der Waals surface area contributed by atoms with Gasteiger partial charge >= 0.3 is 5.97 Å². The molecule has 0 spiro atoms. The number of carbonyl (C=O) groups excluding carboxylic acids is 2. The molecule has 0 bridgehead atoms. The van der Waals surface area contributed by atoms with Gasteiger partial charge in [0, 0.05) is 5.69 Å². The van der Waals surface area contributed by atoms with Gasteiger partial charge in [0.05, 0.1) is 5.56 Å². The Balaban J connectivity index is 1.75. The average molecular weight is 424 g/mol. The summed E-state index contributed by atoms with van der Waals surface area (Å²) in [6, 6.07) is 11.7. The first-order valence-electron chi connectivity index (χ1n) is 10.5. The van der Waals surface area contributed by atoms with Gasteiger partial charge in [0.25, 0.3) is 5.91 Å². The molecule has 0 radical (unpaired) electrons. The van der Waals surface area contributed by atoms with Crippen molar-refractivity contribution < 1.29 is 18.7 Å². The Morgan fingerprint density at radius 2 is 1.68 bits per heavy atom. The Bertz CT molecular complexity index is 992. The van der Waals surface area contributed by atoms with Crippen molar-refractivity contribution in [1.29, 1.82) is 0 Å². The molecule has 0 saturated carbocycles. The third-order valence-corrected chi connectivity index (χ3v) is 6.12. The SMILES string of the molecule is C=CCOC(=O)c1ccc(NC(=O)C(F)c2ccc3c(c2)C(C)(C)CCC3(C)C)cc1. The van der Waals surface area contributed by atoms with Gasteiger partial charge in [-0.3, -0.25) is 4.79 Å². The fraction of sp³-hybridized carbons (Fsp3) is 0.385. The number of rotatable bonds is 6. The standard InChI is InChI=1S/C26H30FNO3/c1-6-15-31-24(30)17-7-10-19(11-8-17)28-23(29)22(27)18-9-12-20-21(16-18)26(4,5)14-13-25(20,2)3/h6-12,16,22H,1,13-15H2,2-5H3,(H,28,29). The lowest BCUT2D eigenvalue weighted by molar-refractivity contribution is -0.121. The second kappa shape index (κ2) is 8.66. The molecule has 0 aliphatic heterocycles. The summed E-state index contributed by atoms with van der Waals surface area (Å²) in [6.07, 6.45) is 1.78. The molecule has 164 valence electrons. The maximum atomic E-state index is 15.1. The quantitative estimate of drug-likeness (QED) is 0.456. The number of nitrogens with one attached hydrogen (secondary N) is 1. The zero-order chi connectivity index (χ0) is 22.8. The predicted octanol–water partition coefficient (Wildman–Crippen LogP) is 6.03. The van der Waals surface area contributed by atoms with Crippen LogP contribution in [0.2, 0.25) is 0 Å². The maximum Gasteiger partial charge on any atom is 0.338 e. The van der Waals surface area contributed by atoms with Gasteiger partial charge in [-0.15, -0.1) is 0 Å². The monoisotopic (exact) mass is 423 g/mol. The highest BCUT2D eigenvalue weighted by Gasteiger charge is 2.37. The molecule has 0 saturated heterocycles. The number of esters is 1. The van der Waals surface area contributed by atoms with E-state index in [1.807, 2.05) is 12.1 Å². The van der Waals surface area contributed by atoms with Crippen molar-refractivity contribution in [2.75, 3.05) is 11.9 Å². The molecule has 3 rings (SSSR count). The van der Waals surface area contributed by atoms with Gasteiger partial charge in [-0.2, -0.15) is 0 Å². The van der Waals surface area contributed by atoms with Crippen LogP contribution in [0.25, 0.3) is 0 Å². The highest BCUT2D eigenvalue weighted by molar-refractivity contribution is 5.96. The summed E-state index contributed by atoms with van der Waals surface area (Å²) in [7, 11) is 0. The Hall–Kier alpha value is -2.95. The molecular formula is C26H30FNO3. The number of alkyl halides is 1. The van der Waals surface area contributed by atoms with Gasteiger partial charge in [-0.05, 0) is 64.6 Å². The van der Waals surface area contributed by atoms with Gasteiger partial charge in [-0.25, -0.2) is 9.18 Å². The molecule has 1 aliphatic rings. The smallest absolute Gasteiger partial charge is 0.338 e. The van der Waals surface area contributed by atoms with Crippen molar-refractivity contribution in [3.05, 3.63) is 77.4 Å². The van der Waals surface area contributed by atoms with E-state index in [9.17, 15) is 9.59 Å². The normalized spacial score (nSPS) is 17.2. The summed E-state index contributed by atoms with van der Waals surface area (Å²) >= 11 is 0. The van der Waals surface area contributed by atoms with E-state index in [1.165, 1.54) is 23.8 Å². The molecule has 0 aromatic heterocycles. The van der Waals surface area contributed by atoms with Crippen molar-refractivity contribution >= 4 is 17.6 Å². The van der Waals surface area contributed by atoms with E-state index >= 15 is 4.39 Å². The van der Waals surface area contributed by atoms with Crippen LogP contribution in [0.5, 0.6) is 0 Å². The molecule has 4 nitrogen and oxygen atoms in total. The summed E-state index contributed by atoms with van der Waals surface area (Å²) < 4.78 is 20.0. The van der Waals surface area contributed by atoms with Crippen LogP contribution in [-0.4, -0.2) is 18.5 Å². The molecule has 5 heteroatoms. The van der Waals surface area contributed by atoms with Crippen molar-refractivity contribution in [2.24, 2.45) is 0 Å². The van der Waals surface area contributed by atoms with E-state index in [2.05, 4.69) is 39.6 Å². The van der Waals surface area contributed by atoms with E-state index in [4.69, 9.17) is 4.74 Å². The summed E-state index contributed by atoms with van der Waals surface area (Å²) in [5, 5.41) is 2.58. The van der Waals surface area contributed by atoms with E-state index in [0.29, 0.717) is 16.8 Å². The van der Waals surface area contributed by atoms with Gasteiger partial charge in [0.15, 0.2) is 0 Å². The number of anilines is 1. The van der Waals surface area contributed by atoms with Gasteiger partial charge in [-0.1, -0.05) is 58.5 Å². The number of hydrogen-bond acceptors (Lipinski definition) is 3. The third-order valence-electron chi connectivity index (χ3n) is 6.12. The molecule has 1 aliphatic carbocycles. The van der Waals surface area contributed by atoms with Gasteiger partial charge in [0.2, 0.25) is 6.17 Å². The fourth-order valence-electron chi connectivity index (χ4n) is 4.03. The lowest BCUT2D eigenvalue weighted by Crippen LogP contribution is -2.34. The Morgan fingerprint density at radius 1 is 1.06 bits per heavy atom. The highest BCUT2D eigenvalue weighted by atomic mass is 19.1. The first-order chi connectivity index (χ1) is 14.5. The summed E-state index contributed by atoms with van der Waals surface area (Å²) in [5.74, 6) is -1.23. The predicted molar refractivity (Wildman–Crippen MR) is 121 cm³/mol. The number of benzene rings is 2. The Morgan fingerprint density at radius 3 is 2.29 bits per heavy atom. The second-order valence-electron chi connectivity index (χ2n) is 9.39. The average Bonchev–Trinajstić information content (AvgIpc) is 2.75. The van der Waals surface area contributed by atoms with Crippen molar-refractivity contribution in [2.45, 2.75) is 57.5 Å². The largest absolute Gasteiger partial charge is 0.458 e. The summed E-state index contributed by atoms with van der Waals surface area (Å²) in [4.78, 5) is 24.4. The van der Waals surface area contributed by atoms with E-state index in [0.717, 1.165) is 18.4 Å². The van der Waals surface area contributed by atoms with Gasteiger partial charge in [0.1, 0.15) is 6.61 Å². The van der Waals surface area contributed by atoms with Crippen molar-refractivity contribution in [3.63, 3.8) is 0 Å². The minimum atomic E-state index is -1.79. The molecule has 2 aromatic rings. The molecule has 1 amide bonds. The molecule has 31 heavy (non-hydrogen) atoms. The molecular weight excluding hydrogens is 393 g/mol. The summed E-state index contributed by atoms with van der Waals surface area (Å²) in [5.41, 5.74) is 3.41. The van der Waals surface area contributed by atoms with E-state index in [-0.39, 0.29) is 17.4 Å². The Kier molecular flexibility index (Phi) is 6.35. The first kappa shape index (κ1) is 22.7. The van der Waals surface area contributed by atoms with Gasteiger partial charge < -0.3 is 10.1 Å². The number of ether oxygens (including phenoxy) is 1. The zero-order valence-corrected chi connectivity index (χ0v) is 18.6. The van der Waals surface area contributed by atoms with Crippen LogP contribution in [0, 0.1) is 0 Å². The first-order valence-corrected chi connectivity index (χ1v) is 10.5. The minimum absolute atomic E-state index is 0.0337. The zero-order valence-electron chi connectivity index (χ0n) is 18.6. The van der Waals surface area contributed by atoms with Crippen molar-refractivity contribution in [3.8, 4) is 0 Å². The van der Waals surface area contributed by atoms with Crippen LogP contribution in [0.3, 0.4) is 0 Å². The van der Waals surface area contributed by atoms with Crippen LogP contribution in [0.15, 0.2) is 55.1 Å². The lowest BCUT2D eigenvalue weighted by atomic mass is 9.63. The fourth-order valence-corrected chi connectivity index (χ4v) is 4.03. The van der Waals surface area contributed by atoms with Crippen LogP contribution in [0.1, 0.15) is 73.8 Å². The van der Waals surface area contributed by atoms with E-state index in [1.54, 1.807) is 18.2 Å². The van der Waals surface area contributed by atoms with Crippen molar-refractivity contribution in [1.82, 2.24) is 0 Å². The number of fused-ring (bicyclic) bond motifs is 1. The molecule has 0 heterocycles. The summed E-state index contributed by atoms with van der Waals surface area (Å²) in [6.45, 7) is 12.4. The van der Waals surface area contributed by atoms with E-state index < -0.39 is 18.0 Å². The van der Waals surface area contributed by atoms with Crippen LogP contribution in [0.4, 0.5) is 10.1 Å². The number of amides is 1. The Labute approximate surface area is 183 Å². The maximum absolute atomic E-state index is 15.1. The topological polar surface area (TPSA) is 55.4 Å². The molecule has 1 N–H and O–H groups in total. The van der Waals surface area contributed by atoms with Crippen LogP contribution < -0.4 is 5.32 Å².